The van der Waals surface area contributed by atoms with Crippen molar-refractivity contribution in [1.29, 1.82) is 0 Å². The van der Waals surface area contributed by atoms with Crippen LogP contribution in [0, 0.1) is 0 Å². The first-order valence-electron chi connectivity index (χ1n) is 6.67. The summed E-state index contributed by atoms with van der Waals surface area (Å²) < 4.78 is 42.9. The normalized spacial score (nSPS) is 18.6. The van der Waals surface area contributed by atoms with E-state index >= 15 is 0 Å². The second-order valence-corrected chi connectivity index (χ2v) is 5.22. The Morgan fingerprint density at radius 2 is 1.95 bits per heavy atom. The quantitative estimate of drug-likeness (QED) is 0.930. The summed E-state index contributed by atoms with van der Waals surface area (Å²) in [6.07, 6.45) is -4.32. The summed E-state index contributed by atoms with van der Waals surface area (Å²) in [7, 11) is 0. The van der Waals surface area contributed by atoms with Crippen molar-refractivity contribution in [3.8, 4) is 0 Å². The fourth-order valence-electron chi connectivity index (χ4n) is 2.21. The third-order valence-corrected chi connectivity index (χ3v) is 3.29. The van der Waals surface area contributed by atoms with Crippen LogP contribution in [0.4, 0.5) is 18.9 Å². The van der Waals surface area contributed by atoms with Gasteiger partial charge in [-0.3, -0.25) is 0 Å². The van der Waals surface area contributed by atoms with Gasteiger partial charge in [0.1, 0.15) is 12.6 Å². The maximum atomic E-state index is 12.6. The Balaban J connectivity index is 2.15. The summed E-state index contributed by atoms with van der Waals surface area (Å²) in [5, 5.41) is 0. The van der Waals surface area contributed by atoms with Gasteiger partial charge in [0.25, 0.3) is 6.02 Å². The number of benzene rings is 1. The molecule has 21 heavy (non-hydrogen) atoms. The largest absolute Gasteiger partial charge is 0.463 e. The van der Waals surface area contributed by atoms with Gasteiger partial charge in [-0.25, -0.2) is 4.99 Å². The molecule has 0 bridgehead atoms. The smallest absolute Gasteiger partial charge is 0.416 e. The van der Waals surface area contributed by atoms with E-state index in [0.717, 1.165) is 17.8 Å². The number of ether oxygens (including phenoxy) is 1. The van der Waals surface area contributed by atoms with Crippen molar-refractivity contribution in [2.75, 3.05) is 18.1 Å². The molecule has 1 aliphatic heterocycles. The van der Waals surface area contributed by atoms with Gasteiger partial charge in [0.05, 0.1) is 5.56 Å². The minimum absolute atomic E-state index is 0.102. The van der Waals surface area contributed by atoms with Crippen LogP contribution in [0.5, 0.6) is 0 Å². The summed E-state index contributed by atoms with van der Waals surface area (Å²) in [5.74, 6) is 0. The van der Waals surface area contributed by atoms with Crippen LogP contribution in [-0.4, -0.2) is 31.3 Å². The summed E-state index contributed by atoms with van der Waals surface area (Å²) in [6, 6.07) is 5.32. The van der Waals surface area contributed by atoms with Crippen LogP contribution in [0.25, 0.3) is 0 Å². The molecule has 1 atom stereocenters. The Hall–Kier alpha value is -1.92. The molecule has 1 aromatic carbocycles. The number of hydrogen-bond acceptors (Lipinski definition) is 4. The molecule has 0 amide bonds. The molecular formula is C14H18F3N3O. The predicted molar refractivity (Wildman–Crippen MR) is 75.3 cm³/mol. The van der Waals surface area contributed by atoms with Crippen LogP contribution >= 0.6 is 0 Å². The molecule has 0 radical (unpaired) electrons. The zero-order valence-electron chi connectivity index (χ0n) is 11.9. The number of nitrogens with zero attached hydrogens (tertiary/aromatic N) is 2. The highest BCUT2D eigenvalue weighted by Gasteiger charge is 2.30. The average Bonchev–Trinajstić information content (AvgIpc) is 2.80. The highest BCUT2D eigenvalue weighted by atomic mass is 19.4. The van der Waals surface area contributed by atoms with Gasteiger partial charge in [0.2, 0.25) is 0 Å². The lowest BCUT2D eigenvalue weighted by Gasteiger charge is -2.30. The van der Waals surface area contributed by atoms with Gasteiger partial charge < -0.3 is 15.4 Å². The monoisotopic (exact) mass is 301 g/mol. The maximum absolute atomic E-state index is 12.6. The van der Waals surface area contributed by atoms with E-state index < -0.39 is 11.7 Å². The van der Waals surface area contributed by atoms with Crippen molar-refractivity contribution >= 4 is 11.7 Å². The van der Waals surface area contributed by atoms with Gasteiger partial charge in [-0.05, 0) is 38.1 Å². The molecule has 1 aliphatic rings. The molecule has 4 nitrogen and oxygen atoms in total. The lowest BCUT2D eigenvalue weighted by Crippen LogP contribution is -2.37. The number of hydrogen-bond donors (Lipinski definition) is 1. The molecule has 1 aromatic rings. The number of rotatable bonds is 4. The fourth-order valence-corrected chi connectivity index (χ4v) is 2.21. The van der Waals surface area contributed by atoms with Crippen molar-refractivity contribution in [2.24, 2.45) is 10.7 Å². The van der Waals surface area contributed by atoms with Crippen molar-refractivity contribution < 1.29 is 17.9 Å². The minimum Gasteiger partial charge on any atom is -0.463 e. The lowest BCUT2D eigenvalue weighted by atomic mass is 10.1. The molecule has 0 spiro atoms. The second kappa shape index (κ2) is 5.83. The second-order valence-electron chi connectivity index (χ2n) is 5.22. The molecule has 0 aromatic heterocycles. The zero-order chi connectivity index (χ0) is 15.6. The Morgan fingerprint density at radius 3 is 2.38 bits per heavy atom. The molecular weight excluding hydrogens is 283 g/mol. The Bertz CT molecular complexity index is 511. The van der Waals surface area contributed by atoms with E-state index in [4.69, 9.17) is 10.5 Å². The summed E-state index contributed by atoms with van der Waals surface area (Å²) >= 11 is 0. The molecule has 2 N–H and O–H groups in total. The number of amidine groups is 1. The van der Waals surface area contributed by atoms with Crippen molar-refractivity contribution in [3.05, 3.63) is 29.8 Å². The first-order valence-corrected chi connectivity index (χ1v) is 6.67. The maximum Gasteiger partial charge on any atom is 0.416 e. The van der Waals surface area contributed by atoms with Crippen LogP contribution in [0.15, 0.2) is 29.3 Å². The van der Waals surface area contributed by atoms with Gasteiger partial charge in [-0.2, -0.15) is 13.2 Å². The van der Waals surface area contributed by atoms with Crippen LogP contribution in [-0.2, 0) is 10.9 Å². The summed E-state index contributed by atoms with van der Waals surface area (Å²) in [4.78, 5) is 6.13. The van der Waals surface area contributed by atoms with Crippen LogP contribution in [0.1, 0.15) is 19.4 Å². The SMILES string of the molecule is CC(C)N(C[C@@H]1COC(N)=N1)c1ccc(C(F)(F)F)cc1. The van der Waals surface area contributed by atoms with Gasteiger partial charge in [0, 0.05) is 18.3 Å². The molecule has 0 unspecified atom stereocenters. The first-order chi connectivity index (χ1) is 9.77. The molecule has 0 saturated carbocycles. The molecule has 0 aliphatic carbocycles. The first kappa shape index (κ1) is 15.5. The van der Waals surface area contributed by atoms with Gasteiger partial charge in [0.15, 0.2) is 0 Å². The van der Waals surface area contributed by atoms with Crippen LogP contribution in [0.2, 0.25) is 0 Å². The van der Waals surface area contributed by atoms with E-state index in [-0.39, 0.29) is 18.1 Å². The number of aliphatic imine (C=N–C) groups is 1. The number of nitrogens with two attached hydrogens (primary N) is 1. The topological polar surface area (TPSA) is 50.9 Å². The van der Waals surface area contributed by atoms with Gasteiger partial charge in [-0.15, -0.1) is 0 Å². The van der Waals surface area contributed by atoms with E-state index in [2.05, 4.69) is 4.99 Å². The Labute approximate surface area is 121 Å². The van der Waals surface area contributed by atoms with E-state index in [9.17, 15) is 13.2 Å². The summed E-state index contributed by atoms with van der Waals surface area (Å²) in [5.41, 5.74) is 5.54. The van der Waals surface area contributed by atoms with Gasteiger partial charge in [-0.1, -0.05) is 0 Å². The molecule has 0 fully saturated rings. The molecule has 116 valence electrons. The highest BCUT2D eigenvalue weighted by molar-refractivity contribution is 5.73. The van der Waals surface area contributed by atoms with E-state index in [1.807, 2.05) is 18.7 Å². The number of halogens is 3. The average molecular weight is 301 g/mol. The molecule has 0 saturated heterocycles. The molecule has 7 heteroatoms. The third-order valence-electron chi connectivity index (χ3n) is 3.29. The van der Waals surface area contributed by atoms with Crippen molar-refractivity contribution in [2.45, 2.75) is 32.1 Å². The number of anilines is 1. The molecule has 2 rings (SSSR count). The van der Waals surface area contributed by atoms with Crippen LogP contribution < -0.4 is 10.6 Å². The van der Waals surface area contributed by atoms with E-state index in [0.29, 0.717) is 13.2 Å². The highest BCUT2D eigenvalue weighted by Crippen LogP contribution is 2.31. The lowest BCUT2D eigenvalue weighted by molar-refractivity contribution is -0.137. The van der Waals surface area contributed by atoms with E-state index in [1.54, 1.807) is 0 Å². The minimum atomic E-state index is -4.32. The predicted octanol–water partition coefficient (Wildman–Crippen LogP) is 2.63. The van der Waals surface area contributed by atoms with E-state index in [1.165, 1.54) is 12.1 Å². The van der Waals surface area contributed by atoms with Gasteiger partial charge >= 0.3 is 6.18 Å². The fraction of sp³-hybridized carbons (Fsp3) is 0.500. The molecule has 1 heterocycles. The van der Waals surface area contributed by atoms with Crippen LogP contribution in [0.3, 0.4) is 0 Å². The third kappa shape index (κ3) is 3.80. The summed E-state index contributed by atoms with van der Waals surface area (Å²) in [6.45, 7) is 4.89. The Kier molecular flexibility index (Phi) is 4.29. The van der Waals surface area contributed by atoms with Crippen molar-refractivity contribution in [1.82, 2.24) is 0 Å². The van der Waals surface area contributed by atoms with Crippen molar-refractivity contribution in [3.63, 3.8) is 0 Å². The standard InChI is InChI=1S/C14H18F3N3O/c1-9(2)20(7-11-8-21-13(18)19-11)12-5-3-10(4-6-12)14(15,16)17/h3-6,9,11H,7-8H2,1-2H3,(H2,18,19)/t11-/m1/s1. The Morgan fingerprint density at radius 1 is 1.33 bits per heavy atom. The zero-order valence-corrected chi connectivity index (χ0v) is 11.9. The number of alkyl halides is 3.